The van der Waals surface area contributed by atoms with Gasteiger partial charge in [-0.3, -0.25) is 0 Å². The van der Waals surface area contributed by atoms with Gasteiger partial charge in [0.2, 0.25) is 0 Å². The molecule has 0 unspecified atom stereocenters. The van der Waals surface area contributed by atoms with Gasteiger partial charge in [0.15, 0.2) is 0 Å². The molecule has 6 heteroatoms. The summed E-state index contributed by atoms with van der Waals surface area (Å²) < 4.78 is 28.0. The molecule has 1 aliphatic rings. The largest absolute Gasteiger partial charge is 0.493 e. The molecule has 0 amide bonds. The Kier molecular flexibility index (Phi) is 16.8. The molecule has 0 fully saturated rings. The van der Waals surface area contributed by atoms with Crippen LogP contribution >= 0.6 is 15.8 Å². The average molecular weight is 961 g/mol. The molecule has 0 saturated heterocycles. The van der Waals surface area contributed by atoms with Crippen LogP contribution in [0.15, 0.2) is 182 Å². The second-order valence-electron chi connectivity index (χ2n) is 18.1. The number of fused-ring (bicyclic) bond motifs is 8. The molecule has 8 bridgehead atoms. The number of benzene rings is 8. The van der Waals surface area contributed by atoms with Crippen LogP contribution in [0.25, 0.3) is 0 Å². The van der Waals surface area contributed by atoms with Crippen LogP contribution in [0, 0.1) is 0 Å². The lowest BCUT2D eigenvalue weighted by atomic mass is 9.91. The Morgan fingerprint density at radius 1 is 0.271 bits per heavy atom. The Labute approximate surface area is 419 Å². The van der Waals surface area contributed by atoms with Crippen molar-refractivity contribution in [3.63, 3.8) is 0 Å². The van der Waals surface area contributed by atoms with Crippen LogP contribution < -0.4 is 50.8 Å². The number of ether oxygens (including phenoxy) is 4. The third kappa shape index (κ3) is 11.4. The van der Waals surface area contributed by atoms with Gasteiger partial charge in [0.25, 0.3) is 0 Å². The van der Waals surface area contributed by atoms with Crippen LogP contribution in [0.2, 0.25) is 0 Å². The first-order valence-electron chi connectivity index (χ1n) is 25.4. The summed E-state index contributed by atoms with van der Waals surface area (Å²) in [7, 11) is -1.82. The van der Waals surface area contributed by atoms with E-state index in [1.54, 1.807) is 0 Å². The van der Waals surface area contributed by atoms with Crippen molar-refractivity contribution in [2.45, 2.75) is 79.1 Å². The fraction of sp³-hybridized carbons (Fsp3) is 0.250. The molecule has 0 N–H and O–H groups in total. The van der Waals surface area contributed by atoms with Crippen LogP contribution in [-0.4, -0.2) is 26.4 Å². The number of rotatable bonds is 18. The highest BCUT2D eigenvalue weighted by atomic mass is 31.1. The van der Waals surface area contributed by atoms with Crippen molar-refractivity contribution in [3.05, 3.63) is 226 Å². The van der Waals surface area contributed by atoms with Crippen LogP contribution in [0.3, 0.4) is 0 Å². The molecule has 4 nitrogen and oxygen atoms in total. The molecule has 9 rings (SSSR count). The predicted molar refractivity (Wildman–Crippen MR) is 298 cm³/mol. The van der Waals surface area contributed by atoms with Gasteiger partial charge < -0.3 is 18.9 Å². The van der Waals surface area contributed by atoms with E-state index in [9.17, 15) is 0 Å². The van der Waals surface area contributed by atoms with Crippen LogP contribution in [0.4, 0.5) is 0 Å². The van der Waals surface area contributed by atoms with Gasteiger partial charge >= 0.3 is 0 Å². The smallest absolute Gasteiger partial charge is 0.126 e. The van der Waals surface area contributed by atoms with Gasteiger partial charge in [0, 0.05) is 25.7 Å². The summed E-state index contributed by atoms with van der Waals surface area (Å²) >= 11 is 0. The van der Waals surface area contributed by atoms with E-state index in [0.717, 1.165) is 70.9 Å². The van der Waals surface area contributed by atoms with E-state index in [1.165, 1.54) is 54.1 Å². The summed E-state index contributed by atoms with van der Waals surface area (Å²) in [5.74, 6) is 3.85. The number of hydrogen-bond donors (Lipinski definition) is 0. The molecule has 0 heterocycles. The lowest BCUT2D eigenvalue weighted by molar-refractivity contribution is 0.305. The molecular weight excluding hydrogens is 895 g/mol. The molecule has 0 spiro atoms. The molecule has 70 heavy (non-hydrogen) atoms. The van der Waals surface area contributed by atoms with Gasteiger partial charge in [-0.05, 0) is 142 Å². The van der Waals surface area contributed by atoms with Gasteiger partial charge in [-0.2, -0.15) is 0 Å². The highest BCUT2D eigenvalue weighted by molar-refractivity contribution is 7.80. The van der Waals surface area contributed by atoms with E-state index in [1.807, 2.05) is 0 Å². The molecule has 1 aliphatic carbocycles. The standard InChI is InChI=1S/C64H66O4P2/c1-5-35-65-61-47-23-21-24-48(61)40-52-44-60(70(57-31-17-11-18-32-57)58-33-19-12-20-34-58)46-54(64(52)68-38-8-4)42-50-26-22-25-49(62(50)66-36-6-2)41-53-45-59(43-51(39-47)63(53)67-37-7-3)69(55-27-13-9-14-28-55)56-29-15-10-16-30-56/h9-34,43-46H,5-8,35-42H2,1-4H3. The van der Waals surface area contributed by atoms with Crippen molar-refractivity contribution in [1.82, 2.24) is 0 Å². The van der Waals surface area contributed by atoms with E-state index in [4.69, 9.17) is 18.9 Å². The predicted octanol–water partition coefficient (Wildman–Crippen LogP) is 13.0. The summed E-state index contributed by atoms with van der Waals surface area (Å²) in [6, 6.07) is 67.5. The van der Waals surface area contributed by atoms with Crippen molar-refractivity contribution >= 4 is 47.7 Å². The topological polar surface area (TPSA) is 36.9 Å². The van der Waals surface area contributed by atoms with Crippen LogP contribution in [0.5, 0.6) is 23.0 Å². The summed E-state index contributed by atoms with van der Waals surface area (Å²) in [6.07, 6.45) is 6.21. The number of hydrogen-bond acceptors (Lipinski definition) is 4. The minimum Gasteiger partial charge on any atom is -0.493 e. The molecule has 356 valence electrons. The normalized spacial score (nSPS) is 12.2. The van der Waals surface area contributed by atoms with Crippen molar-refractivity contribution < 1.29 is 18.9 Å². The molecule has 0 aliphatic heterocycles. The summed E-state index contributed by atoms with van der Waals surface area (Å²) in [6.45, 7) is 11.3. The zero-order valence-electron chi connectivity index (χ0n) is 41.3. The highest BCUT2D eigenvalue weighted by Crippen LogP contribution is 2.43. The molecule has 0 aromatic heterocycles. The molecule has 0 atom stereocenters. The quantitative estimate of drug-likeness (QED) is 0.0803. The van der Waals surface area contributed by atoms with Gasteiger partial charge in [-0.15, -0.1) is 0 Å². The minimum absolute atomic E-state index is 0.620. The lowest BCUT2D eigenvalue weighted by Crippen LogP contribution is -2.22. The maximum atomic E-state index is 7.00. The van der Waals surface area contributed by atoms with Gasteiger partial charge in [-0.25, -0.2) is 0 Å². The van der Waals surface area contributed by atoms with E-state index in [2.05, 4.69) is 210 Å². The lowest BCUT2D eigenvalue weighted by Gasteiger charge is -2.26. The Balaban J connectivity index is 1.33. The fourth-order valence-electron chi connectivity index (χ4n) is 9.67. The molecule has 0 radical (unpaired) electrons. The maximum Gasteiger partial charge on any atom is 0.126 e. The van der Waals surface area contributed by atoms with Gasteiger partial charge in [-0.1, -0.05) is 185 Å². The summed E-state index contributed by atoms with van der Waals surface area (Å²) in [5.41, 5.74) is 9.31. The first-order valence-corrected chi connectivity index (χ1v) is 28.1. The van der Waals surface area contributed by atoms with Gasteiger partial charge in [0.1, 0.15) is 23.0 Å². The Morgan fingerprint density at radius 3 is 0.729 bits per heavy atom. The van der Waals surface area contributed by atoms with Crippen molar-refractivity contribution in [3.8, 4) is 23.0 Å². The van der Waals surface area contributed by atoms with E-state index in [-0.39, 0.29) is 0 Å². The summed E-state index contributed by atoms with van der Waals surface area (Å²) in [4.78, 5) is 0. The van der Waals surface area contributed by atoms with Crippen molar-refractivity contribution in [2.75, 3.05) is 26.4 Å². The molecule has 8 aromatic rings. The van der Waals surface area contributed by atoms with E-state index >= 15 is 0 Å². The molecular formula is C64H66O4P2. The molecule has 0 saturated carbocycles. The first kappa shape index (κ1) is 48.8. The van der Waals surface area contributed by atoms with Crippen molar-refractivity contribution in [2.24, 2.45) is 0 Å². The number of para-hydroxylation sites is 2. The second-order valence-corrected chi connectivity index (χ2v) is 22.6. The average Bonchev–Trinajstić information content (AvgIpc) is 3.39. The zero-order chi connectivity index (χ0) is 48.1. The van der Waals surface area contributed by atoms with Crippen molar-refractivity contribution in [1.29, 1.82) is 0 Å². The monoisotopic (exact) mass is 960 g/mol. The SMILES string of the molecule is CCCOc1c2cccc1Cc1cc(P(c3ccccc3)c3ccccc3)cc(c1OCCC)Cc1cccc(c1OCCC)Cc1cc(P(c3ccccc3)c3ccccc3)cc(c1OCCC)C2. The van der Waals surface area contributed by atoms with Gasteiger partial charge in [0.05, 0.1) is 26.4 Å². The third-order valence-electron chi connectivity index (χ3n) is 12.7. The first-order chi connectivity index (χ1) is 34.6. The maximum absolute atomic E-state index is 7.00. The summed E-state index contributed by atoms with van der Waals surface area (Å²) in [5, 5.41) is 7.87. The zero-order valence-corrected chi connectivity index (χ0v) is 43.1. The Morgan fingerprint density at radius 2 is 0.500 bits per heavy atom. The second kappa shape index (κ2) is 24.1. The highest BCUT2D eigenvalue weighted by Gasteiger charge is 2.27. The Bertz CT molecular complexity index is 2570. The van der Waals surface area contributed by atoms with Crippen LogP contribution in [0.1, 0.15) is 97.9 Å². The van der Waals surface area contributed by atoms with Crippen LogP contribution in [-0.2, 0) is 25.7 Å². The minimum atomic E-state index is -0.910. The van der Waals surface area contributed by atoms with E-state index in [0.29, 0.717) is 52.1 Å². The van der Waals surface area contributed by atoms with E-state index < -0.39 is 15.8 Å². The third-order valence-corrected chi connectivity index (χ3v) is 17.5. The fourth-order valence-corrected chi connectivity index (χ4v) is 14.5. The Hall–Kier alpha value is -6.18. The molecule has 8 aromatic carbocycles.